The second-order valence-corrected chi connectivity index (χ2v) is 8.56. The van der Waals surface area contributed by atoms with Crippen molar-refractivity contribution in [2.45, 2.75) is 19.4 Å². The van der Waals surface area contributed by atoms with Crippen LogP contribution in [-0.2, 0) is 16.0 Å². The molecule has 1 aliphatic heterocycles. The summed E-state index contributed by atoms with van der Waals surface area (Å²) >= 11 is 3.43. The van der Waals surface area contributed by atoms with Crippen molar-refractivity contribution in [1.82, 2.24) is 4.90 Å². The van der Waals surface area contributed by atoms with Gasteiger partial charge in [0.1, 0.15) is 5.76 Å². The van der Waals surface area contributed by atoms with Gasteiger partial charge in [-0.05, 0) is 36.6 Å². The van der Waals surface area contributed by atoms with Crippen molar-refractivity contribution in [2.24, 2.45) is 0 Å². The summed E-state index contributed by atoms with van der Waals surface area (Å²) in [5.74, 6) is -1.38. The molecule has 0 spiro atoms. The molecule has 1 aliphatic rings. The van der Waals surface area contributed by atoms with E-state index in [1.165, 1.54) is 0 Å². The first kappa shape index (κ1) is 21.1. The van der Waals surface area contributed by atoms with E-state index in [2.05, 4.69) is 15.9 Å². The molecule has 31 heavy (non-hydrogen) atoms. The second kappa shape index (κ2) is 8.90. The molecule has 4 nitrogen and oxygen atoms in total. The largest absolute Gasteiger partial charge is 0.507 e. The van der Waals surface area contributed by atoms with Gasteiger partial charge >= 0.3 is 0 Å². The predicted molar refractivity (Wildman–Crippen MR) is 124 cm³/mol. The van der Waals surface area contributed by atoms with E-state index < -0.39 is 17.7 Å². The first-order valence-corrected chi connectivity index (χ1v) is 10.9. The number of rotatable bonds is 5. The zero-order valence-corrected chi connectivity index (χ0v) is 18.7. The Balaban J connectivity index is 1.78. The third-order valence-electron chi connectivity index (χ3n) is 5.53. The first-order chi connectivity index (χ1) is 15.0. The number of halogens is 1. The second-order valence-electron chi connectivity index (χ2n) is 7.65. The van der Waals surface area contributed by atoms with Crippen molar-refractivity contribution in [3.8, 4) is 0 Å². The summed E-state index contributed by atoms with van der Waals surface area (Å²) in [5.41, 5.74) is 3.56. The summed E-state index contributed by atoms with van der Waals surface area (Å²) in [5, 5.41) is 11.1. The maximum atomic E-state index is 13.0. The zero-order valence-electron chi connectivity index (χ0n) is 17.1. The van der Waals surface area contributed by atoms with Gasteiger partial charge in [0.05, 0.1) is 11.6 Å². The number of carbonyl (C=O) groups excluding carboxylic acids is 2. The molecule has 0 unspecified atom stereocenters. The monoisotopic (exact) mass is 475 g/mol. The van der Waals surface area contributed by atoms with Crippen LogP contribution in [0.3, 0.4) is 0 Å². The van der Waals surface area contributed by atoms with Gasteiger partial charge in [-0.25, -0.2) is 0 Å². The minimum Gasteiger partial charge on any atom is -0.507 e. The number of aliphatic hydroxyl groups is 1. The molecule has 0 saturated carbocycles. The van der Waals surface area contributed by atoms with E-state index in [1.807, 2.05) is 73.7 Å². The average molecular weight is 476 g/mol. The standard InChI is InChI=1S/C26H22BrNO3/c1-17-7-9-20(10-8-17)24(29)22-23(19-11-13-21(27)14-12-19)28(26(31)25(22)30)16-15-18-5-3-2-4-6-18/h2-14,23,29H,15-16H2,1H3/b24-22+/t23-/m1/s1. The molecule has 156 valence electrons. The molecular formula is C26H22BrNO3. The molecule has 5 heteroatoms. The van der Waals surface area contributed by atoms with Gasteiger partial charge in [0.2, 0.25) is 0 Å². The van der Waals surface area contributed by atoms with Crippen molar-refractivity contribution in [3.05, 3.63) is 111 Å². The Hall–Kier alpha value is -3.18. The van der Waals surface area contributed by atoms with E-state index in [-0.39, 0.29) is 11.3 Å². The van der Waals surface area contributed by atoms with Crippen LogP contribution in [-0.4, -0.2) is 28.2 Å². The normalized spacial score (nSPS) is 17.9. The highest BCUT2D eigenvalue weighted by atomic mass is 79.9. The highest BCUT2D eigenvalue weighted by Crippen LogP contribution is 2.39. The number of nitrogens with zero attached hydrogens (tertiary/aromatic N) is 1. The summed E-state index contributed by atoms with van der Waals surface area (Å²) in [6.07, 6.45) is 0.617. The Morgan fingerprint density at radius 3 is 2.23 bits per heavy atom. The van der Waals surface area contributed by atoms with Gasteiger partial charge in [-0.15, -0.1) is 0 Å². The summed E-state index contributed by atoms with van der Waals surface area (Å²) < 4.78 is 0.899. The number of benzene rings is 3. The van der Waals surface area contributed by atoms with Gasteiger partial charge in [-0.1, -0.05) is 88.2 Å². The Labute approximate surface area is 190 Å². The summed E-state index contributed by atoms with van der Waals surface area (Å²) in [6, 6.07) is 24.0. The molecule has 0 radical (unpaired) electrons. The van der Waals surface area contributed by atoms with Crippen LogP contribution in [0.4, 0.5) is 0 Å². The smallest absolute Gasteiger partial charge is 0.295 e. The minimum absolute atomic E-state index is 0.129. The number of aryl methyl sites for hydroxylation is 1. The van der Waals surface area contributed by atoms with Crippen molar-refractivity contribution in [2.75, 3.05) is 6.54 Å². The van der Waals surface area contributed by atoms with Crippen LogP contribution in [0, 0.1) is 6.92 Å². The van der Waals surface area contributed by atoms with Crippen LogP contribution in [0.15, 0.2) is 88.9 Å². The third kappa shape index (κ3) is 4.32. The number of amides is 1. The van der Waals surface area contributed by atoms with E-state index in [4.69, 9.17) is 0 Å². The molecule has 1 fully saturated rings. The number of hydrogen-bond donors (Lipinski definition) is 1. The van der Waals surface area contributed by atoms with E-state index in [0.717, 1.165) is 21.2 Å². The fraction of sp³-hybridized carbons (Fsp3) is 0.154. The number of carbonyl (C=O) groups is 2. The fourth-order valence-electron chi connectivity index (χ4n) is 3.86. The third-order valence-corrected chi connectivity index (χ3v) is 6.06. The molecule has 0 aromatic heterocycles. The van der Waals surface area contributed by atoms with Gasteiger partial charge in [-0.2, -0.15) is 0 Å². The van der Waals surface area contributed by atoms with E-state index in [1.54, 1.807) is 17.0 Å². The van der Waals surface area contributed by atoms with Gasteiger partial charge in [0, 0.05) is 16.6 Å². The van der Waals surface area contributed by atoms with Crippen LogP contribution in [0.2, 0.25) is 0 Å². The Morgan fingerprint density at radius 2 is 1.58 bits per heavy atom. The number of hydrogen-bond acceptors (Lipinski definition) is 3. The minimum atomic E-state index is -0.654. The molecular weight excluding hydrogens is 454 g/mol. The number of aliphatic hydroxyl groups excluding tert-OH is 1. The van der Waals surface area contributed by atoms with Crippen molar-refractivity contribution < 1.29 is 14.7 Å². The zero-order chi connectivity index (χ0) is 22.0. The topological polar surface area (TPSA) is 57.6 Å². The highest BCUT2D eigenvalue weighted by molar-refractivity contribution is 9.10. The van der Waals surface area contributed by atoms with Crippen LogP contribution < -0.4 is 0 Å². The Morgan fingerprint density at radius 1 is 0.935 bits per heavy atom. The SMILES string of the molecule is Cc1ccc(/C(O)=C2\C(=O)C(=O)N(CCc3ccccc3)[C@@H]2c2ccc(Br)cc2)cc1. The number of Topliss-reactive ketones (excluding diaryl/α,β-unsaturated/α-hetero) is 1. The van der Waals surface area contributed by atoms with Gasteiger partial charge in [-0.3, -0.25) is 9.59 Å². The fourth-order valence-corrected chi connectivity index (χ4v) is 4.13. The number of likely N-dealkylation sites (tertiary alicyclic amines) is 1. The van der Waals surface area contributed by atoms with Crippen molar-refractivity contribution in [3.63, 3.8) is 0 Å². The Kier molecular flexibility index (Phi) is 6.05. The Bertz CT molecular complexity index is 1140. The first-order valence-electron chi connectivity index (χ1n) is 10.1. The van der Waals surface area contributed by atoms with E-state index in [9.17, 15) is 14.7 Å². The molecule has 1 N–H and O–H groups in total. The molecule has 1 heterocycles. The average Bonchev–Trinajstić information content (AvgIpc) is 3.04. The van der Waals surface area contributed by atoms with Crippen molar-refractivity contribution in [1.29, 1.82) is 0 Å². The predicted octanol–water partition coefficient (Wildman–Crippen LogP) is 5.42. The molecule has 3 aromatic rings. The molecule has 1 amide bonds. The molecule has 1 atom stereocenters. The lowest BCUT2D eigenvalue weighted by atomic mass is 9.95. The molecule has 1 saturated heterocycles. The maximum Gasteiger partial charge on any atom is 0.295 e. The van der Waals surface area contributed by atoms with Crippen LogP contribution >= 0.6 is 15.9 Å². The van der Waals surface area contributed by atoms with Crippen LogP contribution in [0.25, 0.3) is 5.76 Å². The lowest BCUT2D eigenvalue weighted by Gasteiger charge is -2.25. The summed E-state index contributed by atoms with van der Waals surface area (Å²) in [4.78, 5) is 27.6. The number of ketones is 1. The summed E-state index contributed by atoms with van der Waals surface area (Å²) in [7, 11) is 0. The lowest BCUT2D eigenvalue weighted by molar-refractivity contribution is -0.139. The summed E-state index contributed by atoms with van der Waals surface area (Å²) in [6.45, 7) is 2.33. The van der Waals surface area contributed by atoms with E-state index in [0.29, 0.717) is 18.5 Å². The molecule has 0 bridgehead atoms. The maximum absolute atomic E-state index is 13.0. The molecule has 4 rings (SSSR count). The van der Waals surface area contributed by atoms with E-state index >= 15 is 0 Å². The van der Waals surface area contributed by atoms with Gasteiger partial charge in [0.25, 0.3) is 11.7 Å². The molecule has 0 aliphatic carbocycles. The lowest BCUT2D eigenvalue weighted by Crippen LogP contribution is -2.31. The van der Waals surface area contributed by atoms with Crippen molar-refractivity contribution >= 4 is 33.4 Å². The van der Waals surface area contributed by atoms with Crippen LogP contribution in [0.1, 0.15) is 28.3 Å². The van der Waals surface area contributed by atoms with Crippen LogP contribution in [0.5, 0.6) is 0 Å². The van der Waals surface area contributed by atoms with Gasteiger partial charge < -0.3 is 10.0 Å². The highest BCUT2D eigenvalue weighted by Gasteiger charge is 2.45. The van der Waals surface area contributed by atoms with Gasteiger partial charge in [0.15, 0.2) is 0 Å². The quantitative estimate of drug-likeness (QED) is 0.304. The molecule has 3 aromatic carbocycles.